The second-order valence-corrected chi connectivity index (χ2v) is 5.57. The molecule has 2 heterocycles. The summed E-state index contributed by atoms with van der Waals surface area (Å²) in [5.74, 6) is 0. The van der Waals surface area contributed by atoms with Gasteiger partial charge in [0.2, 0.25) is 0 Å². The average molecular weight is 308 g/mol. The van der Waals surface area contributed by atoms with Gasteiger partial charge in [0.1, 0.15) is 0 Å². The molecule has 5 heteroatoms. The predicted octanol–water partition coefficient (Wildman–Crippen LogP) is 1.91. The highest BCUT2D eigenvalue weighted by Gasteiger charge is 2.15. The lowest BCUT2D eigenvalue weighted by atomic mass is 10.2. The van der Waals surface area contributed by atoms with Gasteiger partial charge < -0.3 is 5.32 Å². The lowest BCUT2D eigenvalue weighted by Crippen LogP contribution is -2.32. The number of hydrogen-bond donors (Lipinski definition) is 1. The first kappa shape index (κ1) is 11.9. The van der Waals surface area contributed by atoms with E-state index in [-0.39, 0.29) is 5.56 Å². The normalized spacial score (nSPS) is 19.5. The molecule has 1 unspecified atom stereocenters. The van der Waals surface area contributed by atoms with Gasteiger partial charge in [0.05, 0.1) is 17.2 Å². The van der Waals surface area contributed by atoms with Crippen LogP contribution >= 0.6 is 15.9 Å². The molecular formula is C13H14BrN3O. The van der Waals surface area contributed by atoms with Crippen molar-refractivity contribution in [2.45, 2.75) is 25.4 Å². The van der Waals surface area contributed by atoms with Crippen molar-refractivity contribution in [3.8, 4) is 0 Å². The molecule has 3 rings (SSSR count). The van der Waals surface area contributed by atoms with Gasteiger partial charge in [-0.2, -0.15) is 0 Å². The Morgan fingerprint density at radius 2 is 2.39 bits per heavy atom. The Morgan fingerprint density at radius 3 is 3.17 bits per heavy atom. The van der Waals surface area contributed by atoms with Gasteiger partial charge in [0, 0.05) is 17.1 Å². The third-order valence-electron chi connectivity index (χ3n) is 3.37. The Bertz CT molecular complexity index is 632. The fourth-order valence-corrected chi connectivity index (χ4v) is 2.77. The van der Waals surface area contributed by atoms with E-state index in [1.807, 2.05) is 18.2 Å². The lowest BCUT2D eigenvalue weighted by Gasteiger charge is -2.12. The number of benzene rings is 1. The summed E-state index contributed by atoms with van der Waals surface area (Å²) in [7, 11) is 0. The SMILES string of the molecule is O=c1c2cc(Br)ccc2ncn1CC1CCCN1. The highest BCUT2D eigenvalue weighted by atomic mass is 79.9. The van der Waals surface area contributed by atoms with Crippen molar-refractivity contribution in [3.05, 3.63) is 39.4 Å². The van der Waals surface area contributed by atoms with Crippen molar-refractivity contribution in [1.29, 1.82) is 0 Å². The fourth-order valence-electron chi connectivity index (χ4n) is 2.41. The summed E-state index contributed by atoms with van der Waals surface area (Å²) < 4.78 is 2.61. The molecule has 1 aliphatic heterocycles. The van der Waals surface area contributed by atoms with E-state index in [0.717, 1.165) is 23.0 Å². The van der Waals surface area contributed by atoms with Gasteiger partial charge in [-0.15, -0.1) is 0 Å². The molecule has 1 N–H and O–H groups in total. The van der Waals surface area contributed by atoms with Crippen LogP contribution < -0.4 is 10.9 Å². The predicted molar refractivity (Wildman–Crippen MR) is 74.7 cm³/mol. The van der Waals surface area contributed by atoms with E-state index in [4.69, 9.17) is 0 Å². The van der Waals surface area contributed by atoms with Crippen LogP contribution in [0.3, 0.4) is 0 Å². The summed E-state index contributed by atoms with van der Waals surface area (Å²) in [5.41, 5.74) is 0.786. The van der Waals surface area contributed by atoms with Crippen LogP contribution in [0, 0.1) is 0 Å². The highest BCUT2D eigenvalue weighted by Crippen LogP contribution is 2.15. The number of hydrogen-bond acceptors (Lipinski definition) is 3. The van der Waals surface area contributed by atoms with Gasteiger partial charge in [0.15, 0.2) is 0 Å². The zero-order valence-corrected chi connectivity index (χ0v) is 11.5. The Morgan fingerprint density at radius 1 is 1.50 bits per heavy atom. The fraction of sp³-hybridized carbons (Fsp3) is 0.385. The van der Waals surface area contributed by atoms with Crippen LogP contribution in [-0.2, 0) is 6.54 Å². The second-order valence-electron chi connectivity index (χ2n) is 4.66. The minimum atomic E-state index is 0.0370. The minimum absolute atomic E-state index is 0.0370. The molecule has 0 radical (unpaired) electrons. The molecule has 0 aliphatic carbocycles. The third-order valence-corrected chi connectivity index (χ3v) is 3.86. The largest absolute Gasteiger partial charge is 0.312 e. The van der Waals surface area contributed by atoms with E-state index in [1.165, 1.54) is 6.42 Å². The average Bonchev–Trinajstić information content (AvgIpc) is 2.86. The molecule has 0 spiro atoms. The van der Waals surface area contributed by atoms with Gasteiger partial charge >= 0.3 is 0 Å². The number of rotatable bonds is 2. The zero-order valence-electron chi connectivity index (χ0n) is 9.90. The molecule has 94 valence electrons. The van der Waals surface area contributed by atoms with Crippen molar-refractivity contribution < 1.29 is 0 Å². The van der Waals surface area contributed by atoms with E-state index in [0.29, 0.717) is 18.0 Å². The summed E-state index contributed by atoms with van der Waals surface area (Å²) in [6.45, 7) is 1.75. The summed E-state index contributed by atoms with van der Waals surface area (Å²) in [6, 6.07) is 5.99. The molecule has 18 heavy (non-hydrogen) atoms. The molecule has 2 aromatic rings. The summed E-state index contributed by atoms with van der Waals surface area (Å²) in [4.78, 5) is 16.7. The van der Waals surface area contributed by atoms with Crippen LogP contribution in [0.15, 0.2) is 33.8 Å². The number of halogens is 1. The first-order valence-electron chi connectivity index (χ1n) is 6.12. The maximum absolute atomic E-state index is 12.3. The monoisotopic (exact) mass is 307 g/mol. The summed E-state index contributed by atoms with van der Waals surface area (Å²) >= 11 is 3.39. The van der Waals surface area contributed by atoms with Crippen LogP contribution in [0.1, 0.15) is 12.8 Å². The minimum Gasteiger partial charge on any atom is -0.312 e. The van der Waals surface area contributed by atoms with Crippen molar-refractivity contribution in [2.24, 2.45) is 0 Å². The Balaban J connectivity index is 2.02. The van der Waals surface area contributed by atoms with Gasteiger partial charge in [-0.25, -0.2) is 4.98 Å². The van der Waals surface area contributed by atoms with Crippen LogP contribution in [0.25, 0.3) is 10.9 Å². The molecule has 1 fully saturated rings. The van der Waals surface area contributed by atoms with Crippen molar-refractivity contribution in [3.63, 3.8) is 0 Å². The Hall–Kier alpha value is -1.20. The number of nitrogens with one attached hydrogen (secondary N) is 1. The molecule has 1 aliphatic rings. The highest BCUT2D eigenvalue weighted by molar-refractivity contribution is 9.10. The first-order valence-corrected chi connectivity index (χ1v) is 6.91. The maximum atomic E-state index is 12.3. The first-order chi connectivity index (χ1) is 8.74. The molecule has 1 aromatic heterocycles. The summed E-state index contributed by atoms with van der Waals surface area (Å²) in [6.07, 6.45) is 3.97. The number of fused-ring (bicyclic) bond motifs is 1. The van der Waals surface area contributed by atoms with Gasteiger partial charge in [-0.05, 0) is 37.6 Å². The van der Waals surface area contributed by atoms with E-state index in [9.17, 15) is 4.79 Å². The molecule has 0 saturated carbocycles. The molecule has 1 atom stereocenters. The lowest BCUT2D eigenvalue weighted by molar-refractivity contribution is 0.497. The number of aromatic nitrogens is 2. The van der Waals surface area contributed by atoms with Crippen LogP contribution in [-0.4, -0.2) is 22.1 Å². The smallest absolute Gasteiger partial charge is 0.261 e. The van der Waals surface area contributed by atoms with E-state index < -0.39 is 0 Å². The summed E-state index contributed by atoms with van der Waals surface area (Å²) in [5, 5.41) is 4.07. The topological polar surface area (TPSA) is 46.9 Å². The van der Waals surface area contributed by atoms with E-state index >= 15 is 0 Å². The van der Waals surface area contributed by atoms with Gasteiger partial charge in [0.25, 0.3) is 5.56 Å². The third kappa shape index (κ3) is 2.20. The van der Waals surface area contributed by atoms with Crippen molar-refractivity contribution in [2.75, 3.05) is 6.54 Å². The molecule has 1 aromatic carbocycles. The van der Waals surface area contributed by atoms with Gasteiger partial charge in [-0.1, -0.05) is 15.9 Å². The molecule has 0 amide bonds. The van der Waals surface area contributed by atoms with Crippen molar-refractivity contribution >= 4 is 26.8 Å². The number of nitrogens with zero attached hydrogens (tertiary/aromatic N) is 2. The van der Waals surface area contributed by atoms with Crippen LogP contribution in [0.5, 0.6) is 0 Å². The quantitative estimate of drug-likeness (QED) is 0.922. The Labute approximate surface area is 113 Å². The van der Waals surface area contributed by atoms with Gasteiger partial charge in [-0.3, -0.25) is 9.36 Å². The molecule has 0 bridgehead atoms. The second kappa shape index (κ2) is 4.82. The van der Waals surface area contributed by atoms with E-state index in [1.54, 1.807) is 10.9 Å². The Kier molecular flexibility index (Phi) is 3.18. The molecular weight excluding hydrogens is 294 g/mol. The van der Waals surface area contributed by atoms with Crippen LogP contribution in [0.4, 0.5) is 0 Å². The molecule has 4 nitrogen and oxygen atoms in total. The van der Waals surface area contributed by atoms with Crippen molar-refractivity contribution in [1.82, 2.24) is 14.9 Å². The standard InChI is InChI=1S/C13H14BrN3O/c14-9-3-4-12-11(6-9)13(18)17(8-16-12)7-10-2-1-5-15-10/h3-4,6,8,10,15H,1-2,5,7H2. The molecule has 1 saturated heterocycles. The zero-order chi connectivity index (χ0) is 12.5. The van der Waals surface area contributed by atoms with Crippen LogP contribution in [0.2, 0.25) is 0 Å². The van der Waals surface area contributed by atoms with E-state index in [2.05, 4.69) is 26.2 Å². The maximum Gasteiger partial charge on any atom is 0.261 e.